The van der Waals surface area contributed by atoms with Crippen LogP contribution in [0.1, 0.15) is 5.82 Å². The summed E-state index contributed by atoms with van der Waals surface area (Å²) >= 11 is 3.26. The van der Waals surface area contributed by atoms with Crippen LogP contribution in [0.5, 0.6) is 11.5 Å². The third-order valence-electron chi connectivity index (χ3n) is 1.79. The molecule has 0 bridgehead atoms. The largest absolute Gasteiger partial charge is 0.508 e. The van der Waals surface area contributed by atoms with Gasteiger partial charge >= 0.3 is 0 Å². The number of phenols is 1. The minimum absolute atomic E-state index is 0.188. The Kier molecular flexibility index (Phi) is 2.91. The zero-order valence-electron chi connectivity index (χ0n) is 7.77. The third kappa shape index (κ3) is 2.73. The van der Waals surface area contributed by atoms with Crippen molar-refractivity contribution >= 4 is 15.9 Å². The summed E-state index contributed by atoms with van der Waals surface area (Å²) in [6, 6.07) is 6.65. The number of halogens is 1. The Bertz CT molecular complexity index is 456. The van der Waals surface area contributed by atoms with Crippen molar-refractivity contribution in [2.24, 2.45) is 0 Å². The highest BCUT2D eigenvalue weighted by Gasteiger charge is 2.00. The van der Waals surface area contributed by atoms with Crippen molar-refractivity contribution < 1.29 is 9.84 Å². The molecule has 2 aromatic rings. The van der Waals surface area contributed by atoms with Crippen molar-refractivity contribution in [1.29, 1.82) is 0 Å². The lowest BCUT2D eigenvalue weighted by molar-refractivity contribution is 0.295. The van der Waals surface area contributed by atoms with Crippen LogP contribution in [0.2, 0.25) is 0 Å². The molecule has 0 saturated heterocycles. The minimum Gasteiger partial charge on any atom is -0.508 e. The van der Waals surface area contributed by atoms with Crippen LogP contribution in [0.25, 0.3) is 0 Å². The molecular formula is C10H9BrN2O2. The molecule has 0 fully saturated rings. The van der Waals surface area contributed by atoms with E-state index in [0.717, 1.165) is 10.4 Å². The number of nitrogens with zero attached hydrogens (tertiary/aromatic N) is 1. The Labute approximate surface area is 95.1 Å². The summed E-state index contributed by atoms with van der Waals surface area (Å²) in [5.74, 6) is 1.53. The van der Waals surface area contributed by atoms with Gasteiger partial charge in [-0.1, -0.05) is 6.07 Å². The maximum absolute atomic E-state index is 9.20. The number of ether oxygens (including phenoxy) is 1. The molecule has 4 nitrogen and oxygen atoms in total. The number of phenolic OH excluding ortho intramolecular Hbond substituents is 1. The molecule has 2 N–H and O–H groups in total. The second-order valence-electron chi connectivity index (χ2n) is 2.96. The Hall–Kier alpha value is -1.49. The van der Waals surface area contributed by atoms with E-state index in [-0.39, 0.29) is 5.75 Å². The molecule has 0 amide bonds. The molecule has 0 aliphatic heterocycles. The van der Waals surface area contributed by atoms with Gasteiger partial charge in [0.05, 0.1) is 6.20 Å². The van der Waals surface area contributed by atoms with E-state index in [1.165, 1.54) is 0 Å². The van der Waals surface area contributed by atoms with Crippen LogP contribution in [0.4, 0.5) is 0 Å². The first-order chi connectivity index (χ1) is 7.24. The van der Waals surface area contributed by atoms with Crippen molar-refractivity contribution in [1.82, 2.24) is 9.97 Å². The molecular weight excluding hydrogens is 260 g/mol. The average molecular weight is 269 g/mol. The summed E-state index contributed by atoms with van der Waals surface area (Å²) < 4.78 is 6.23. The standard InChI is InChI=1S/C10H9BrN2O2/c11-9-5-12-10(13-9)6-15-8-3-1-2-7(14)4-8/h1-5,14H,6H2,(H,12,13). The van der Waals surface area contributed by atoms with Crippen molar-refractivity contribution in [3.63, 3.8) is 0 Å². The molecule has 0 aliphatic rings. The van der Waals surface area contributed by atoms with Gasteiger partial charge in [0, 0.05) is 6.07 Å². The van der Waals surface area contributed by atoms with Crippen LogP contribution >= 0.6 is 15.9 Å². The first kappa shape index (κ1) is 10.0. The number of nitrogens with one attached hydrogen (secondary N) is 1. The number of hydrogen-bond donors (Lipinski definition) is 2. The number of hydrogen-bond acceptors (Lipinski definition) is 3. The lowest BCUT2D eigenvalue weighted by Gasteiger charge is -2.03. The van der Waals surface area contributed by atoms with Gasteiger partial charge in [-0.15, -0.1) is 0 Å². The first-order valence-corrected chi connectivity index (χ1v) is 5.14. The summed E-state index contributed by atoms with van der Waals surface area (Å²) in [5, 5.41) is 9.20. The fourth-order valence-corrected chi connectivity index (χ4v) is 1.47. The molecule has 2 rings (SSSR count). The van der Waals surface area contributed by atoms with Crippen molar-refractivity contribution in [3.8, 4) is 11.5 Å². The van der Waals surface area contributed by atoms with Crippen LogP contribution in [-0.4, -0.2) is 15.1 Å². The number of imidazole rings is 1. The van der Waals surface area contributed by atoms with Crippen molar-refractivity contribution in [3.05, 3.63) is 40.9 Å². The smallest absolute Gasteiger partial charge is 0.146 e. The zero-order chi connectivity index (χ0) is 10.7. The van der Waals surface area contributed by atoms with Gasteiger partial charge in [0.25, 0.3) is 0 Å². The third-order valence-corrected chi connectivity index (χ3v) is 2.19. The lowest BCUT2D eigenvalue weighted by Crippen LogP contribution is -1.96. The summed E-state index contributed by atoms with van der Waals surface area (Å²) in [6.07, 6.45) is 1.67. The number of rotatable bonds is 3. The average Bonchev–Trinajstić information content (AvgIpc) is 2.62. The van der Waals surface area contributed by atoms with E-state index >= 15 is 0 Å². The Morgan fingerprint density at radius 1 is 1.47 bits per heavy atom. The van der Waals surface area contributed by atoms with Crippen LogP contribution in [0.15, 0.2) is 35.1 Å². The fourth-order valence-electron chi connectivity index (χ4n) is 1.14. The molecule has 1 aromatic carbocycles. The number of benzene rings is 1. The molecule has 0 atom stereocenters. The highest BCUT2D eigenvalue weighted by Crippen LogP contribution is 2.18. The summed E-state index contributed by atoms with van der Waals surface area (Å²) in [5.41, 5.74) is 0. The van der Waals surface area contributed by atoms with E-state index in [4.69, 9.17) is 4.74 Å². The van der Waals surface area contributed by atoms with Crippen LogP contribution < -0.4 is 4.74 Å². The van der Waals surface area contributed by atoms with Crippen LogP contribution in [-0.2, 0) is 6.61 Å². The van der Waals surface area contributed by atoms with E-state index < -0.39 is 0 Å². The van der Waals surface area contributed by atoms with E-state index in [0.29, 0.717) is 12.4 Å². The normalized spacial score (nSPS) is 10.2. The molecule has 5 heteroatoms. The fraction of sp³-hybridized carbons (Fsp3) is 0.100. The number of H-pyrrole nitrogens is 1. The molecule has 78 valence electrons. The van der Waals surface area contributed by atoms with Gasteiger partial charge in [0.1, 0.15) is 28.5 Å². The van der Waals surface area contributed by atoms with Gasteiger partial charge in [-0.05, 0) is 28.1 Å². The first-order valence-electron chi connectivity index (χ1n) is 4.35. The molecule has 0 radical (unpaired) electrons. The minimum atomic E-state index is 0.188. The van der Waals surface area contributed by atoms with Crippen molar-refractivity contribution in [2.45, 2.75) is 6.61 Å². The van der Waals surface area contributed by atoms with Gasteiger partial charge in [-0.2, -0.15) is 0 Å². The van der Waals surface area contributed by atoms with E-state index in [9.17, 15) is 5.11 Å². The monoisotopic (exact) mass is 268 g/mol. The second-order valence-corrected chi connectivity index (χ2v) is 3.82. The van der Waals surface area contributed by atoms with Gasteiger partial charge in [0.15, 0.2) is 0 Å². The Morgan fingerprint density at radius 2 is 2.33 bits per heavy atom. The second kappa shape index (κ2) is 4.35. The molecule has 0 saturated carbocycles. The quantitative estimate of drug-likeness (QED) is 0.899. The SMILES string of the molecule is Oc1cccc(OCc2ncc(Br)[nH]2)c1. The molecule has 0 spiro atoms. The van der Waals surface area contributed by atoms with Gasteiger partial charge in [0.2, 0.25) is 0 Å². The zero-order valence-corrected chi connectivity index (χ0v) is 9.36. The Morgan fingerprint density at radius 3 is 3.00 bits per heavy atom. The number of aromatic amines is 1. The number of aromatic nitrogens is 2. The highest BCUT2D eigenvalue weighted by atomic mass is 79.9. The summed E-state index contributed by atoms with van der Waals surface area (Å²) in [7, 11) is 0. The number of aromatic hydroxyl groups is 1. The molecule has 0 aliphatic carbocycles. The topological polar surface area (TPSA) is 58.1 Å². The van der Waals surface area contributed by atoms with Gasteiger partial charge in [-0.3, -0.25) is 0 Å². The van der Waals surface area contributed by atoms with Crippen LogP contribution in [0, 0.1) is 0 Å². The molecule has 1 aromatic heterocycles. The van der Waals surface area contributed by atoms with Crippen LogP contribution in [0.3, 0.4) is 0 Å². The van der Waals surface area contributed by atoms with E-state index in [1.54, 1.807) is 30.5 Å². The van der Waals surface area contributed by atoms with E-state index in [2.05, 4.69) is 25.9 Å². The van der Waals surface area contributed by atoms with Crippen molar-refractivity contribution in [2.75, 3.05) is 0 Å². The predicted octanol–water partition coefficient (Wildman–Crippen LogP) is 2.46. The maximum Gasteiger partial charge on any atom is 0.146 e. The maximum atomic E-state index is 9.20. The predicted molar refractivity (Wildman–Crippen MR) is 58.7 cm³/mol. The van der Waals surface area contributed by atoms with E-state index in [1.807, 2.05) is 0 Å². The summed E-state index contributed by atoms with van der Waals surface area (Å²) in [4.78, 5) is 7.04. The molecule has 0 unspecified atom stereocenters. The van der Waals surface area contributed by atoms with Gasteiger partial charge in [-0.25, -0.2) is 4.98 Å². The Balaban J connectivity index is 1.99. The highest BCUT2D eigenvalue weighted by molar-refractivity contribution is 9.10. The van der Waals surface area contributed by atoms with Gasteiger partial charge < -0.3 is 14.8 Å². The summed E-state index contributed by atoms with van der Waals surface area (Å²) in [6.45, 7) is 0.342. The molecule has 15 heavy (non-hydrogen) atoms. The molecule has 1 heterocycles. The lowest BCUT2D eigenvalue weighted by atomic mass is 10.3.